The number of pyridine rings is 1. The third-order valence-electron chi connectivity index (χ3n) is 2.89. The molecule has 1 unspecified atom stereocenters. The lowest BCUT2D eigenvalue weighted by molar-refractivity contribution is 0.865. The zero-order valence-corrected chi connectivity index (χ0v) is 13.2. The van der Waals surface area contributed by atoms with Gasteiger partial charge in [0.2, 0.25) is 0 Å². The average molecular weight is 336 g/mol. The topological polar surface area (TPSA) is 62.7 Å². The summed E-state index contributed by atoms with van der Waals surface area (Å²) in [4.78, 5) is 12.6. The van der Waals surface area contributed by atoms with Crippen molar-refractivity contribution in [3.05, 3.63) is 40.9 Å². The van der Waals surface area contributed by atoms with Crippen LogP contribution in [0.4, 0.5) is 11.6 Å². The van der Waals surface area contributed by atoms with Crippen molar-refractivity contribution >= 4 is 27.6 Å². The summed E-state index contributed by atoms with van der Waals surface area (Å²) in [5, 5.41) is 6.65. The number of aromatic nitrogens is 3. The molecule has 2 aromatic heterocycles. The second-order valence-corrected chi connectivity index (χ2v) is 5.25. The fourth-order valence-corrected chi connectivity index (χ4v) is 2.24. The lowest BCUT2D eigenvalue weighted by Crippen LogP contribution is -2.10. The Morgan fingerprint density at radius 1 is 1.20 bits per heavy atom. The summed E-state index contributed by atoms with van der Waals surface area (Å²) >= 11 is 3.55. The molecule has 0 bridgehead atoms. The summed E-state index contributed by atoms with van der Waals surface area (Å²) in [5.74, 6) is 1.59. The molecule has 0 amide bonds. The Morgan fingerprint density at radius 2 is 1.90 bits per heavy atom. The summed E-state index contributed by atoms with van der Waals surface area (Å²) in [6.45, 7) is 5.09. The first-order chi connectivity index (χ1) is 9.72. The minimum atomic E-state index is 0.142. The van der Waals surface area contributed by atoms with Crippen LogP contribution in [0.25, 0.3) is 0 Å². The van der Waals surface area contributed by atoms with E-state index in [4.69, 9.17) is 0 Å². The summed E-state index contributed by atoms with van der Waals surface area (Å²) < 4.78 is 0.856. The Morgan fingerprint density at radius 3 is 2.60 bits per heavy atom. The van der Waals surface area contributed by atoms with Gasteiger partial charge in [0, 0.05) is 18.9 Å². The van der Waals surface area contributed by atoms with Gasteiger partial charge >= 0.3 is 0 Å². The maximum absolute atomic E-state index is 4.29. The van der Waals surface area contributed by atoms with E-state index >= 15 is 0 Å². The molecule has 2 aromatic rings. The van der Waals surface area contributed by atoms with Crippen molar-refractivity contribution in [3.63, 3.8) is 0 Å². The van der Waals surface area contributed by atoms with Gasteiger partial charge < -0.3 is 10.6 Å². The van der Waals surface area contributed by atoms with Crippen molar-refractivity contribution < 1.29 is 0 Å². The average Bonchev–Trinajstić information content (AvgIpc) is 2.49. The Bertz CT molecular complexity index is 547. The highest BCUT2D eigenvalue weighted by Gasteiger charge is 2.11. The fourth-order valence-electron chi connectivity index (χ4n) is 1.78. The highest BCUT2D eigenvalue weighted by atomic mass is 79.9. The number of nitrogens with one attached hydrogen (secondary N) is 2. The molecule has 2 N–H and O–H groups in total. The molecule has 106 valence electrons. The molecule has 0 saturated carbocycles. The minimum Gasteiger partial charge on any atom is -0.369 e. The monoisotopic (exact) mass is 335 g/mol. The standard InChI is InChI=1S/C14H18BrN5/c1-3-6-17-13-12(15)14(19-9-18-13)20-10(2)11-4-7-16-8-5-11/h4-5,7-10H,3,6H2,1-2H3,(H2,17,18,19,20). The number of rotatable bonds is 6. The first-order valence-corrected chi connectivity index (χ1v) is 7.42. The largest absolute Gasteiger partial charge is 0.369 e. The van der Waals surface area contributed by atoms with Crippen LogP contribution in [0.15, 0.2) is 35.3 Å². The summed E-state index contributed by atoms with van der Waals surface area (Å²) in [6, 6.07) is 4.12. The van der Waals surface area contributed by atoms with Gasteiger partial charge in [-0.15, -0.1) is 0 Å². The van der Waals surface area contributed by atoms with E-state index in [0.717, 1.165) is 34.6 Å². The van der Waals surface area contributed by atoms with Gasteiger partial charge in [-0.05, 0) is 47.0 Å². The van der Waals surface area contributed by atoms with Crippen molar-refractivity contribution in [2.24, 2.45) is 0 Å². The van der Waals surface area contributed by atoms with Gasteiger partial charge in [0.25, 0.3) is 0 Å². The molecular weight excluding hydrogens is 318 g/mol. The van der Waals surface area contributed by atoms with E-state index in [9.17, 15) is 0 Å². The first kappa shape index (κ1) is 14.7. The van der Waals surface area contributed by atoms with Crippen LogP contribution in [0.1, 0.15) is 31.9 Å². The van der Waals surface area contributed by atoms with Gasteiger partial charge in [0.15, 0.2) is 0 Å². The van der Waals surface area contributed by atoms with E-state index < -0.39 is 0 Å². The van der Waals surface area contributed by atoms with Gasteiger partial charge in [-0.3, -0.25) is 4.98 Å². The molecule has 5 nitrogen and oxygen atoms in total. The van der Waals surface area contributed by atoms with Crippen LogP contribution < -0.4 is 10.6 Å². The van der Waals surface area contributed by atoms with Gasteiger partial charge in [-0.25, -0.2) is 9.97 Å². The van der Waals surface area contributed by atoms with Crippen molar-refractivity contribution in [3.8, 4) is 0 Å². The van der Waals surface area contributed by atoms with Gasteiger partial charge in [-0.1, -0.05) is 6.92 Å². The van der Waals surface area contributed by atoms with Crippen LogP contribution in [0.2, 0.25) is 0 Å². The maximum atomic E-state index is 4.29. The van der Waals surface area contributed by atoms with Crippen LogP contribution in [0, 0.1) is 0 Å². The molecule has 2 rings (SSSR count). The molecule has 0 aliphatic carbocycles. The molecule has 0 aliphatic heterocycles. The number of halogens is 1. The molecule has 20 heavy (non-hydrogen) atoms. The quantitative estimate of drug-likeness (QED) is 0.843. The molecule has 0 spiro atoms. The molecule has 0 aliphatic rings. The predicted molar refractivity (Wildman–Crippen MR) is 84.8 cm³/mol. The zero-order valence-electron chi connectivity index (χ0n) is 11.6. The van der Waals surface area contributed by atoms with Crippen LogP contribution in [-0.4, -0.2) is 21.5 Å². The van der Waals surface area contributed by atoms with Crippen LogP contribution in [0.3, 0.4) is 0 Å². The Hall–Kier alpha value is -1.69. The van der Waals surface area contributed by atoms with Crippen LogP contribution >= 0.6 is 15.9 Å². The summed E-state index contributed by atoms with van der Waals surface area (Å²) in [7, 11) is 0. The van der Waals surface area contributed by atoms with E-state index in [1.54, 1.807) is 18.7 Å². The third kappa shape index (κ3) is 3.66. The van der Waals surface area contributed by atoms with Gasteiger partial charge in [0.1, 0.15) is 22.4 Å². The molecular formula is C14H18BrN5. The number of nitrogens with zero attached hydrogens (tertiary/aromatic N) is 3. The summed E-state index contributed by atoms with van der Waals surface area (Å²) in [6.07, 6.45) is 6.19. The van der Waals surface area contributed by atoms with Crippen LogP contribution in [0.5, 0.6) is 0 Å². The maximum Gasteiger partial charge on any atom is 0.146 e. The zero-order chi connectivity index (χ0) is 14.4. The molecule has 0 aromatic carbocycles. The second-order valence-electron chi connectivity index (χ2n) is 4.46. The molecule has 2 heterocycles. The molecule has 1 atom stereocenters. The normalized spacial score (nSPS) is 11.9. The predicted octanol–water partition coefficient (Wildman–Crippen LogP) is 3.63. The molecule has 0 saturated heterocycles. The number of anilines is 2. The first-order valence-electron chi connectivity index (χ1n) is 6.63. The highest BCUT2D eigenvalue weighted by molar-refractivity contribution is 9.10. The van der Waals surface area contributed by atoms with E-state index in [-0.39, 0.29) is 6.04 Å². The summed E-state index contributed by atoms with van der Waals surface area (Å²) in [5.41, 5.74) is 1.16. The van der Waals surface area contributed by atoms with Gasteiger partial charge in [0.05, 0.1) is 6.04 Å². The Labute approximate surface area is 127 Å². The van der Waals surface area contributed by atoms with Gasteiger partial charge in [-0.2, -0.15) is 0 Å². The van der Waals surface area contributed by atoms with E-state index in [0.29, 0.717) is 0 Å². The van der Waals surface area contributed by atoms with Crippen molar-refractivity contribution in [2.45, 2.75) is 26.3 Å². The fraction of sp³-hybridized carbons (Fsp3) is 0.357. The SMILES string of the molecule is CCCNc1ncnc(NC(C)c2ccncc2)c1Br. The number of hydrogen-bond donors (Lipinski definition) is 2. The van der Waals surface area contributed by atoms with E-state index in [1.165, 1.54) is 0 Å². The lowest BCUT2D eigenvalue weighted by atomic mass is 10.1. The lowest BCUT2D eigenvalue weighted by Gasteiger charge is -2.17. The smallest absolute Gasteiger partial charge is 0.146 e. The molecule has 6 heteroatoms. The Kier molecular flexibility index (Phi) is 5.29. The van der Waals surface area contributed by atoms with E-state index in [1.807, 2.05) is 12.1 Å². The van der Waals surface area contributed by atoms with Crippen molar-refractivity contribution in [1.29, 1.82) is 0 Å². The molecule has 0 radical (unpaired) electrons. The van der Waals surface area contributed by atoms with Crippen molar-refractivity contribution in [1.82, 2.24) is 15.0 Å². The minimum absolute atomic E-state index is 0.142. The second kappa shape index (κ2) is 7.19. The van der Waals surface area contributed by atoms with Crippen molar-refractivity contribution in [2.75, 3.05) is 17.2 Å². The number of hydrogen-bond acceptors (Lipinski definition) is 5. The highest BCUT2D eigenvalue weighted by Crippen LogP contribution is 2.29. The van der Waals surface area contributed by atoms with E-state index in [2.05, 4.69) is 55.4 Å². The molecule has 0 fully saturated rings. The van der Waals surface area contributed by atoms with Crippen LogP contribution in [-0.2, 0) is 0 Å². The third-order valence-corrected chi connectivity index (χ3v) is 3.64. The Balaban J connectivity index is 2.13.